The molecule has 1 N–H and O–H groups in total. The number of aromatic nitrogens is 3. The SMILES string of the molecule is Cc1ccc(NC(=O)CSc2nnc(-c3ccccc3C)n2C)cc1C. The second kappa shape index (κ2) is 7.74. The summed E-state index contributed by atoms with van der Waals surface area (Å²) in [4.78, 5) is 12.2. The fraction of sp³-hybridized carbons (Fsp3) is 0.250. The van der Waals surface area contributed by atoms with E-state index in [1.165, 1.54) is 17.3 Å². The summed E-state index contributed by atoms with van der Waals surface area (Å²) in [6, 6.07) is 14.0. The highest BCUT2D eigenvalue weighted by molar-refractivity contribution is 7.99. The Morgan fingerprint density at radius 2 is 1.81 bits per heavy atom. The van der Waals surface area contributed by atoms with Crippen LogP contribution in [0.1, 0.15) is 16.7 Å². The molecule has 134 valence electrons. The van der Waals surface area contributed by atoms with E-state index in [9.17, 15) is 4.79 Å². The molecule has 0 aliphatic heterocycles. The number of benzene rings is 2. The number of nitrogens with zero attached hydrogens (tertiary/aromatic N) is 3. The molecule has 0 spiro atoms. The molecule has 0 aliphatic rings. The first-order valence-electron chi connectivity index (χ1n) is 8.41. The van der Waals surface area contributed by atoms with Crippen molar-refractivity contribution in [3.8, 4) is 11.4 Å². The molecular weight excluding hydrogens is 344 g/mol. The van der Waals surface area contributed by atoms with E-state index in [4.69, 9.17) is 0 Å². The van der Waals surface area contributed by atoms with E-state index in [0.717, 1.165) is 33.4 Å². The number of carbonyl (C=O) groups is 1. The first kappa shape index (κ1) is 18.2. The molecule has 1 heterocycles. The van der Waals surface area contributed by atoms with Gasteiger partial charge in [-0.2, -0.15) is 0 Å². The summed E-state index contributed by atoms with van der Waals surface area (Å²) in [6.45, 7) is 6.14. The molecule has 0 fully saturated rings. The summed E-state index contributed by atoms with van der Waals surface area (Å²) >= 11 is 1.38. The predicted molar refractivity (Wildman–Crippen MR) is 106 cm³/mol. The molecule has 0 aliphatic carbocycles. The highest BCUT2D eigenvalue weighted by atomic mass is 32.2. The van der Waals surface area contributed by atoms with E-state index in [1.54, 1.807) is 0 Å². The predicted octanol–water partition coefficient (Wildman–Crippen LogP) is 4.14. The first-order valence-corrected chi connectivity index (χ1v) is 9.39. The van der Waals surface area contributed by atoms with Crippen molar-refractivity contribution in [1.29, 1.82) is 0 Å². The number of hydrogen-bond acceptors (Lipinski definition) is 4. The highest BCUT2D eigenvalue weighted by Gasteiger charge is 2.14. The summed E-state index contributed by atoms with van der Waals surface area (Å²) in [5.74, 6) is 1.03. The molecule has 2 aromatic carbocycles. The van der Waals surface area contributed by atoms with Gasteiger partial charge < -0.3 is 9.88 Å². The number of hydrogen-bond donors (Lipinski definition) is 1. The molecule has 0 unspecified atom stereocenters. The zero-order chi connectivity index (χ0) is 18.7. The Bertz CT molecular complexity index is 949. The lowest BCUT2D eigenvalue weighted by molar-refractivity contribution is -0.113. The van der Waals surface area contributed by atoms with E-state index >= 15 is 0 Å². The van der Waals surface area contributed by atoms with Gasteiger partial charge in [0.05, 0.1) is 5.75 Å². The van der Waals surface area contributed by atoms with Crippen LogP contribution in [0.25, 0.3) is 11.4 Å². The molecule has 1 aromatic heterocycles. The molecule has 0 atom stereocenters. The number of thioether (sulfide) groups is 1. The van der Waals surface area contributed by atoms with Crippen LogP contribution in [0, 0.1) is 20.8 Å². The van der Waals surface area contributed by atoms with Crippen LogP contribution in [0.15, 0.2) is 47.6 Å². The van der Waals surface area contributed by atoms with Crippen molar-refractivity contribution in [2.45, 2.75) is 25.9 Å². The monoisotopic (exact) mass is 366 g/mol. The Kier molecular flexibility index (Phi) is 5.42. The topological polar surface area (TPSA) is 59.8 Å². The molecular formula is C20H22N4OS. The second-order valence-corrected chi connectivity index (χ2v) is 7.26. The number of nitrogens with one attached hydrogen (secondary N) is 1. The second-order valence-electron chi connectivity index (χ2n) is 6.32. The zero-order valence-electron chi connectivity index (χ0n) is 15.4. The first-order chi connectivity index (χ1) is 12.5. The third-order valence-electron chi connectivity index (χ3n) is 4.34. The number of carbonyl (C=O) groups excluding carboxylic acids is 1. The number of anilines is 1. The molecule has 0 saturated heterocycles. The van der Waals surface area contributed by atoms with Crippen LogP contribution in [0.4, 0.5) is 5.69 Å². The van der Waals surface area contributed by atoms with Gasteiger partial charge in [0.15, 0.2) is 11.0 Å². The van der Waals surface area contributed by atoms with Crippen molar-refractivity contribution in [2.24, 2.45) is 7.05 Å². The molecule has 3 aromatic rings. The Morgan fingerprint density at radius 1 is 1.04 bits per heavy atom. The van der Waals surface area contributed by atoms with Crippen molar-refractivity contribution >= 4 is 23.4 Å². The quantitative estimate of drug-likeness (QED) is 0.690. The van der Waals surface area contributed by atoms with Gasteiger partial charge in [-0.05, 0) is 49.6 Å². The average Bonchev–Trinajstić information content (AvgIpc) is 2.97. The Hall–Kier alpha value is -2.60. The van der Waals surface area contributed by atoms with Gasteiger partial charge in [-0.1, -0.05) is 42.1 Å². The van der Waals surface area contributed by atoms with E-state index in [2.05, 4.69) is 22.4 Å². The summed E-state index contributed by atoms with van der Waals surface area (Å²) < 4.78 is 1.93. The van der Waals surface area contributed by atoms with Gasteiger partial charge in [0, 0.05) is 18.3 Å². The molecule has 6 heteroatoms. The van der Waals surface area contributed by atoms with Gasteiger partial charge >= 0.3 is 0 Å². The summed E-state index contributed by atoms with van der Waals surface area (Å²) in [7, 11) is 1.92. The minimum absolute atomic E-state index is 0.0568. The maximum absolute atomic E-state index is 12.2. The molecule has 0 bridgehead atoms. The van der Waals surface area contributed by atoms with Gasteiger partial charge in [0.2, 0.25) is 5.91 Å². The Labute approximate surface area is 157 Å². The third kappa shape index (κ3) is 3.96. The van der Waals surface area contributed by atoms with Crippen molar-refractivity contribution in [1.82, 2.24) is 14.8 Å². The van der Waals surface area contributed by atoms with Crippen LogP contribution < -0.4 is 5.32 Å². The van der Waals surface area contributed by atoms with E-state index in [0.29, 0.717) is 0 Å². The lowest BCUT2D eigenvalue weighted by atomic mass is 10.1. The van der Waals surface area contributed by atoms with Gasteiger partial charge in [-0.15, -0.1) is 10.2 Å². The van der Waals surface area contributed by atoms with Crippen molar-refractivity contribution in [2.75, 3.05) is 11.1 Å². The van der Waals surface area contributed by atoms with Gasteiger partial charge in [0.1, 0.15) is 0 Å². The Balaban J connectivity index is 1.66. The third-order valence-corrected chi connectivity index (χ3v) is 5.36. The van der Waals surface area contributed by atoms with Crippen molar-refractivity contribution in [3.63, 3.8) is 0 Å². The smallest absolute Gasteiger partial charge is 0.234 e. The summed E-state index contributed by atoms with van der Waals surface area (Å²) in [6.07, 6.45) is 0. The molecule has 3 rings (SSSR count). The molecule has 0 radical (unpaired) electrons. The van der Waals surface area contributed by atoms with Crippen LogP contribution in [-0.4, -0.2) is 26.4 Å². The van der Waals surface area contributed by atoms with Crippen LogP contribution in [-0.2, 0) is 11.8 Å². The summed E-state index contributed by atoms with van der Waals surface area (Å²) in [5.41, 5.74) is 5.38. The average molecular weight is 366 g/mol. The zero-order valence-corrected chi connectivity index (χ0v) is 16.2. The number of amides is 1. The van der Waals surface area contributed by atoms with Gasteiger partial charge in [0.25, 0.3) is 0 Å². The van der Waals surface area contributed by atoms with Crippen LogP contribution in [0.2, 0.25) is 0 Å². The maximum atomic E-state index is 12.2. The largest absolute Gasteiger partial charge is 0.325 e. The fourth-order valence-electron chi connectivity index (χ4n) is 2.65. The molecule has 1 amide bonds. The van der Waals surface area contributed by atoms with Gasteiger partial charge in [-0.3, -0.25) is 4.79 Å². The normalized spacial score (nSPS) is 10.8. The van der Waals surface area contributed by atoms with E-state index in [-0.39, 0.29) is 11.7 Å². The standard InChI is InChI=1S/C20H22N4OS/c1-13-9-10-16(11-15(13)3)21-18(25)12-26-20-23-22-19(24(20)4)17-8-6-5-7-14(17)2/h5-11H,12H2,1-4H3,(H,21,25). The van der Waals surface area contributed by atoms with Crippen LogP contribution in [0.3, 0.4) is 0 Å². The molecule has 0 saturated carbocycles. The lowest BCUT2D eigenvalue weighted by Gasteiger charge is -2.08. The van der Waals surface area contributed by atoms with E-state index in [1.807, 2.05) is 67.9 Å². The maximum Gasteiger partial charge on any atom is 0.234 e. The van der Waals surface area contributed by atoms with Crippen molar-refractivity contribution in [3.05, 3.63) is 59.2 Å². The van der Waals surface area contributed by atoms with Crippen molar-refractivity contribution < 1.29 is 4.79 Å². The fourth-order valence-corrected chi connectivity index (χ4v) is 3.36. The van der Waals surface area contributed by atoms with Crippen LogP contribution in [0.5, 0.6) is 0 Å². The lowest BCUT2D eigenvalue weighted by Crippen LogP contribution is -2.14. The van der Waals surface area contributed by atoms with Crippen LogP contribution >= 0.6 is 11.8 Å². The number of aryl methyl sites for hydroxylation is 3. The van der Waals surface area contributed by atoms with Gasteiger partial charge in [-0.25, -0.2) is 0 Å². The molecule has 26 heavy (non-hydrogen) atoms. The summed E-state index contributed by atoms with van der Waals surface area (Å²) in [5, 5.41) is 12.2. The number of rotatable bonds is 5. The molecule has 5 nitrogen and oxygen atoms in total. The highest BCUT2D eigenvalue weighted by Crippen LogP contribution is 2.25. The Morgan fingerprint density at radius 3 is 2.54 bits per heavy atom. The van der Waals surface area contributed by atoms with E-state index < -0.39 is 0 Å². The minimum atomic E-state index is -0.0568. The minimum Gasteiger partial charge on any atom is -0.325 e.